The van der Waals surface area contributed by atoms with Crippen molar-refractivity contribution in [3.63, 3.8) is 0 Å². The maximum Gasteiger partial charge on any atom is 0.321 e. The molecule has 2 aliphatic rings. The summed E-state index contributed by atoms with van der Waals surface area (Å²) in [5.74, 6) is 0.301. The number of benzene rings is 1. The van der Waals surface area contributed by atoms with Gasteiger partial charge in [0, 0.05) is 36.9 Å². The highest BCUT2D eigenvalue weighted by Gasteiger charge is 2.24. The molecule has 3 amide bonds. The van der Waals surface area contributed by atoms with Crippen molar-refractivity contribution in [1.82, 2.24) is 5.32 Å². The Labute approximate surface area is 148 Å². The Morgan fingerprint density at radius 3 is 2.58 bits per heavy atom. The Balaban J connectivity index is 0.00000208. The van der Waals surface area contributed by atoms with Gasteiger partial charge in [0.15, 0.2) is 0 Å². The molecule has 4 N–H and O–H groups in total. The number of halogens is 1. The standard InChI is InChI=1S/C17H24N4O2.ClH/c18-15-4-2-1-3-12(15)11-16(22)20-13-5-7-14(8-6-13)21-10-9-19-17(21)23;/h5-8,12,15H,1-4,9-11,18H2,(H,19,23)(H,20,22);1H. The van der Waals surface area contributed by atoms with Gasteiger partial charge in [0.2, 0.25) is 5.91 Å². The fraction of sp³-hybridized carbons (Fsp3) is 0.529. The van der Waals surface area contributed by atoms with Crippen molar-refractivity contribution in [3.05, 3.63) is 24.3 Å². The third-order valence-electron chi connectivity index (χ3n) is 4.73. The van der Waals surface area contributed by atoms with Gasteiger partial charge in [-0.25, -0.2) is 4.79 Å². The Hall–Kier alpha value is -1.79. The molecular formula is C17H25ClN4O2. The molecule has 1 saturated carbocycles. The number of carbonyl (C=O) groups excluding carboxylic acids is 2. The first-order chi connectivity index (χ1) is 11.1. The highest BCUT2D eigenvalue weighted by molar-refractivity contribution is 5.95. The van der Waals surface area contributed by atoms with Gasteiger partial charge in [-0.05, 0) is 43.0 Å². The lowest BCUT2D eigenvalue weighted by molar-refractivity contribution is -0.117. The largest absolute Gasteiger partial charge is 0.336 e. The summed E-state index contributed by atoms with van der Waals surface area (Å²) in [6.07, 6.45) is 4.88. The van der Waals surface area contributed by atoms with Gasteiger partial charge >= 0.3 is 6.03 Å². The van der Waals surface area contributed by atoms with E-state index >= 15 is 0 Å². The minimum Gasteiger partial charge on any atom is -0.336 e. The van der Waals surface area contributed by atoms with E-state index in [0.717, 1.165) is 30.6 Å². The number of anilines is 2. The van der Waals surface area contributed by atoms with Crippen LogP contribution < -0.4 is 21.3 Å². The van der Waals surface area contributed by atoms with Gasteiger partial charge in [0.25, 0.3) is 0 Å². The molecule has 2 unspecified atom stereocenters. The zero-order valence-electron chi connectivity index (χ0n) is 13.7. The van der Waals surface area contributed by atoms with Crippen LogP contribution in [0.15, 0.2) is 24.3 Å². The predicted molar refractivity (Wildman–Crippen MR) is 97.6 cm³/mol. The van der Waals surface area contributed by atoms with Crippen LogP contribution >= 0.6 is 12.4 Å². The lowest BCUT2D eigenvalue weighted by atomic mass is 9.83. The number of urea groups is 1. The van der Waals surface area contributed by atoms with E-state index in [9.17, 15) is 9.59 Å². The van der Waals surface area contributed by atoms with Gasteiger partial charge in [0.05, 0.1) is 0 Å². The molecule has 24 heavy (non-hydrogen) atoms. The van der Waals surface area contributed by atoms with Crippen LogP contribution in [0.25, 0.3) is 0 Å². The number of nitrogens with two attached hydrogens (primary N) is 1. The quantitative estimate of drug-likeness (QED) is 0.777. The van der Waals surface area contributed by atoms with Crippen LogP contribution in [0.1, 0.15) is 32.1 Å². The minimum atomic E-state index is -0.0759. The number of nitrogens with zero attached hydrogens (tertiary/aromatic N) is 1. The maximum absolute atomic E-state index is 12.2. The second-order valence-corrected chi connectivity index (χ2v) is 6.39. The molecule has 132 valence electrons. The van der Waals surface area contributed by atoms with E-state index in [1.54, 1.807) is 4.90 Å². The molecule has 7 heteroatoms. The molecule has 1 aromatic carbocycles. The van der Waals surface area contributed by atoms with Gasteiger partial charge in [-0.2, -0.15) is 0 Å². The molecule has 1 aliphatic carbocycles. The third-order valence-corrected chi connectivity index (χ3v) is 4.73. The lowest BCUT2D eigenvalue weighted by Crippen LogP contribution is -2.35. The second kappa shape index (κ2) is 8.35. The Kier molecular flexibility index (Phi) is 6.45. The van der Waals surface area contributed by atoms with Crippen LogP contribution in [0.3, 0.4) is 0 Å². The van der Waals surface area contributed by atoms with E-state index in [1.165, 1.54) is 6.42 Å². The molecule has 1 saturated heterocycles. The van der Waals surface area contributed by atoms with E-state index < -0.39 is 0 Å². The predicted octanol–water partition coefficient (Wildman–Crippen LogP) is 2.48. The van der Waals surface area contributed by atoms with E-state index in [2.05, 4.69) is 10.6 Å². The zero-order valence-corrected chi connectivity index (χ0v) is 14.5. The maximum atomic E-state index is 12.2. The Bertz CT molecular complexity index is 578. The van der Waals surface area contributed by atoms with Crippen LogP contribution in [0, 0.1) is 5.92 Å². The Morgan fingerprint density at radius 1 is 1.25 bits per heavy atom. The summed E-state index contributed by atoms with van der Waals surface area (Å²) in [6.45, 7) is 1.34. The van der Waals surface area contributed by atoms with Crippen LogP contribution in [-0.4, -0.2) is 31.1 Å². The van der Waals surface area contributed by atoms with Gasteiger partial charge < -0.3 is 16.4 Å². The smallest absolute Gasteiger partial charge is 0.321 e. The number of rotatable bonds is 4. The molecule has 0 aromatic heterocycles. The summed E-state index contributed by atoms with van der Waals surface area (Å²) in [7, 11) is 0. The SMILES string of the molecule is Cl.NC1CCCCC1CC(=O)Nc1ccc(N2CCNC2=O)cc1. The molecular weight excluding hydrogens is 328 g/mol. The topological polar surface area (TPSA) is 87.5 Å². The van der Waals surface area contributed by atoms with Crippen molar-refractivity contribution >= 4 is 35.7 Å². The Morgan fingerprint density at radius 2 is 1.96 bits per heavy atom. The van der Waals surface area contributed by atoms with Crippen LogP contribution in [0.5, 0.6) is 0 Å². The summed E-state index contributed by atoms with van der Waals surface area (Å²) < 4.78 is 0. The lowest BCUT2D eigenvalue weighted by Gasteiger charge is -2.27. The van der Waals surface area contributed by atoms with Gasteiger partial charge in [0.1, 0.15) is 0 Å². The first kappa shape index (κ1) is 18.5. The minimum absolute atomic E-state index is 0. The summed E-state index contributed by atoms with van der Waals surface area (Å²) in [5.41, 5.74) is 7.69. The molecule has 6 nitrogen and oxygen atoms in total. The number of nitrogens with one attached hydrogen (secondary N) is 2. The van der Waals surface area contributed by atoms with E-state index in [0.29, 0.717) is 19.5 Å². The van der Waals surface area contributed by atoms with Crippen LogP contribution in [0.2, 0.25) is 0 Å². The zero-order chi connectivity index (χ0) is 16.2. The molecule has 0 radical (unpaired) electrons. The highest BCUT2D eigenvalue weighted by Crippen LogP contribution is 2.26. The first-order valence-electron chi connectivity index (χ1n) is 8.34. The number of carbonyl (C=O) groups is 2. The number of amides is 3. The normalized spacial score (nSPS) is 23.4. The van der Waals surface area contributed by atoms with Crippen LogP contribution in [0.4, 0.5) is 16.2 Å². The highest BCUT2D eigenvalue weighted by atomic mass is 35.5. The molecule has 0 spiro atoms. The molecule has 1 aromatic rings. The number of hydrogen-bond donors (Lipinski definition) is 3. The summed E-state index contributed by atoms with van der Waals surface area (Å²) in [6, 6.07) is 7.44. The van der Waals surface area contributed by atoms with Gasteiger partial charge in [-0.3, -0.25) is 9.69 Å². The fourth-order valence-corrected chi connectivity index (χ4v) is 3.38. The third kappa shape index (κ3) is 4.39. The van der Waals surface area contributed by atoms with Crippen molar-refractivity contribution in [2.45, 2.75) is 38.1 Å². The van der Waals surface area contributed by atoms with Crippen LogP contribution in [-0.2, 0) is 4.79 Å². The van der Waals surface area contributed by atoms with Crippen molar-refractivity contribution < 1.29 is 9.59 Å². The monoisotopic (exact) mass is 352 g/mol. The molecule has 3 rings (SSSR count). The molecule has 2 fully saturated rings. The van der Waals surface area contributed by atoms with Crippen molar-refractivity contribution in [1.29, 1.82) is 0 Å². The average molecular weight is 353 g/mol. The van der Waals surface area contributed by atoms with E-state index in [1.807, 2.05) is 24.3 Å². The van der Waals surface area contributed by atoms with Gasteiger partial charge in [-0.15, -0.1) is 12.4 Å². The summed E-state index contributed by atoms with van der Waals surface area (Å²) in [5, 5.41) is 5.70. The molecule has 1 aliphatic heterocycles. The molecule has 2 atom stereocenters. The molecule has 1 heterocycles. The van der Waals surface area contributed by atoms with E-state index in [-0.39, 0.29) is 36.3 Å². The van der Waals surface area contributed by atoms with Crippen molar-refractivity contribution in [2.75, 3.05) is 23.3 Å². The average Bonchev–Trinajstić information content (AvgIpc) is 2.96. The van der Waals surface area contributed by atoms with E-state index in [4.69, 9.17) is 5.73 Å². The van der Waals surface area contributed by atoms with Gasteiger partial charge in [-0.1, -0.05) is 12.8 Å². The number of hydrogen-bond acceptors (Lipinski definition) is 3. The first-order valence-corrected chi connectivity index (χ1v) is 8.34. The molecule has 0 bridgehead atoms. The van der Waals surface area contributed by atoms with Crippen molar-refractivity contribution in [2.24, 2.45) is 11.7 Å². The summed E-state index contributed by atoms with van der Waals surface area (Å²) in [4.78, 5) is 25.5. The summed E-state index contributed by atoms with van der Waals surface area (Å²) >= 11 is 0. The second-order valence-electron chi connectivity index (χ2n) is 6.39. The van der Waals surface area contributed by atoms with Crippen molar-refractivity contribution in [3.8, 4) is 0 Å². The fourth-order valence-electron chi connectivity index (χ4n) is 3.38.